The summed E-state index contributed by atoms with van der Waals surface area (Å²) in [5.74, 6) is -1.03. The number of hydrogen-bond acceptors (Lipinski definition) is 4. The van der Waals surface area contributed by atoms with E-state index in [1.54, 1.807) is 0 Å². The summed E-state index contributed by atoms with van der Waals surface area (Å²) >= 11 is 0. The van der Waals surface area contributed by atoms with Crippen molar-refractivity contribution in [2.45, 2.75) is 36.6 Å². The molecule has 1 N–H and O–H groups in total. The molecule has 5 nitrogen and oxygen atoms in total. The fraction of sp³-hybridized carbons (Fsp3) is 0.385. The number of rotatable bonds is 3. The van der Waals surface area contributed by atoms with E-state index in [4.69, 9.17) is 0 Å². The number of halogens is 2. The van der Waals surface area contributed by atoms with Gasteiger partial charge in [0.05, 0.1) is 5.25 Å². The summed E-state index contributed by atoms with van der Waals surface area (Å²) in [7, 11) is -3.86. The van der Waals surface area contributed by atoms with Gasteiger partial charge < -0.3 is 0 Å². The van der Waals surface area contributed by atoms with Crippen LogP contribution >= 0.6 is 0 Å². The summed E-state index contributed by atoms with van der Waals surface area (Å²) in [6, 6.07) is 1.86. The molecule has 8 heteroatoms. The Morgan fingerprint density at radius 2 is 2.14 bits per heavy atom. The highest BCUT2D eigenvalue weighted by atomic mass is 32.2. The van der Waals surface area contributed by atoms with Crippen molar-refractivity contribution < 1.29 is 17.2 Å². The van der Waals surface area contributed by atoms with Gasteiger partial charge in [0.15, 0.2) is 0 Å². The highest BCUT2D eigenvalue weighted by Crippen LogP contribution is 2.40. The van der Waals surface area contributed by atoms with Crippen molar-refractivity contribution in [2.24, 2.45) is 0 Å². The first-order chi connectivity index (χ1) is 9.93. The molecule has 0 spiro atoms. The Kier molecular flexibility index (Phi) is 3.27. The minimum atomic E-state index is -3.86. The second-order valence-corrected chi connectivity index (χ2v) is 6.97. The number of H-pyrrole nitrogens is 1. The van der Waals surface area contributed by atoms with Crippen LogP contribution in [0.3, 0.4) is 0 Å². The highest BCUT2D eigenvalue weighted by molar-refractivity contribution is 7.91. The first-order valence-electron chi connectivity index (χ1n) is 6.56. The van der Waals surface area contributed by atoms with Gasteiger partial charge in [-0.1, -0.05) is 6.92 Å². The maximum Gasteiger partial charge on any atom is 0.267 e. The third kappa shape index (κ3) is 2.23. The molecule has 1 heterocycles. The van der Waals surface area contributed by atoms with Gasteiger partial charge in [0.2, 0.25) is 9.84 Å². The molecule has 112 valence electrons. The zero-order chi connectivity index (χ0) is 15.2. The quantitative estimate of drug-likeness (QED) is 0.941. The molecule has 0 unspecified atom stereocenters. The van der Waals surface area contributed by atoms with Crippen LogP contribution in [0, 0.1) is 11.6 Å². The minimum Gasteiger partial charge on any atom is -0.262 e. The van der Waals surface area contributed by atoms with E-state index >= 15 is 0 Å². The number of fused-ring (bicyclic) bond motifs is 1. The number of sulfone groups is 1. The molecule has 0 bridgehead atoms. The lowest BCUT2D eigenvalue weighted by Crippen LogP contribution is -2.13. The van der Waals surface area contributed by atoms with Gasteiger partial charge in [0.1, 0.15) is 17.5 Å². The summed E-state index contributed by atoms with van der Waals surface area (Å²) in [5.41, 5.74) is 0.437. The van der Waals surface area contributed by atoms with Crippen LogP contribution < -0.4 is 0 Å². The first-order valence-corrected chi connectivity index (χ1v) is 8.11. The Balaban J connectivity index is 2.07. The predicted molar refractivity (Wildman–Crippen MR) is 70.4 cm³/mol. The summed E-state index contributed by atoms with van der Waals surface area (Å²) in [6.45, 7) is 1.81. The van der Waals surface area contributed by atoms with E-state index < -0.39 is 26.7 Å². The first kappa shape index (κ1) is 14.1. The van der Waals surface area contributed by atoms with Crippen LogP contribution in [0.1, 0.15) is 35.5 Å². The molecule has 2 aromatic rings. The second-order valence-electron chi connectivity index (χ2n) is 4.95. The van der Waals surface area contributed by atoms with Gasteiger partial charge in [0.25, 0.3) is 5.16 Å². The maximum atomic E-state index is 13.7. The van der Waals surface area contributed by atoms with Crippen molar-refractivity contribution in [3.8, 4) is 0 Å². The average molecular weight is 313 g/mol. The van der Waals surface area contributed by atoms with E-state index in [2.05, 4.69) is 15.2 Å². The molecule has 0 fully saturated rings. The van der Waals surface area contributed by atoms with E-state index in [1.165, 1.54) is 0 Å². The topological polar surface area (TPSA) is 75.7 Å². The van der Waals surface area contributed by atoms with Gasteiger partial charge in [-0.2, -0.15) is 0 Å². The Hall–Kier alpha value is -1.83. The zero-order valence-corrected chi connectivity index (χ0v) is 12.0. The molecule has 1 atom stereocenters. The second kappa shape index (κ2) is 4.87. The van der Waals surface area contributed by atoms with Crippen LogP contribution in [0.25, 0.3) is 0 Å². The molecule has 0 radical (unpaired) electrons. The SMILES string of the molecule is CCc1nc(S(=O)(=O)[C@H]2CCc3c(F)cc(F)cc32)n[nH]1. The van der Waals surface area contributed by atoms with Crippen LogP contribution in [0.4, 0.5) is 8.78 Å². The number of aryl methyl sites for hydroxylation is 1. The van der Waals surface area contributed by atoms with Crippen molar-refractivity contribution in [3.05, 3.63) is 40.7 Å². The van der Waals surface area contributed by atoms with Crippen LogP contribution in [-0.4, -0.2) is 23.6 Å². The van der Waals surface area contributed by atoms with Crippen molar-refractivity contribution >= 4 is 9.84 Å². The number of aromatic amines is 1. The van der Waals surface area contributed by atoms with E-state index in [-0.39, 0.29) is 29.1 Å². The molecule has 3 rings (SSSR count). The molecular weight excluding hydrogens is 300 g/mol. The van der Waals surface area contributed by atoms with E-state index in [1.807, 2.05) is 6.92 Å². The Morgan fingerprint density at radius 1 is 1.38 bits per heavy atom. The van der Waals surface area contributed by atoms with E-state index in [0.29, 0.717) is 12.2 Å². The Labute approximate surface area is 120 Å². The van der Waals surface area contributed by atoms with Crippen LogP contribution in [0.5, 0.6) is 0 Å². The van der Waals surface area contributed by atoms with Crippen molar-refractivity contribution in [3.63, 3.8) is 0 Å². The Morgan fingerprint density at radius 3 is 2.81 bits per heavy atom. The molecule has 0 aliphatic heterocycles. The molecule has 0 amide bonds. The highest BCUT2D eigenvalue weighted by Gasteiger charge is 2.38. The fourth-order valence-electron chi connectivity index (χ4n) is 2.62. The van der Waals surface area contributed by atoms with E-state index in [9.17, 15) is 17.2 Å². The summed E-state index contributed by atoms with van der Waals surface area (Å²) in [5, 5.41) is 4.93. The summed E-state index contributed by atoms with van der Waals surface area (Å²) in [4.78, 5) is 3.92. The van der Waals surface area contributed by atoms with Gasteiger partial charge in [-0.25, -0.2) is 22.2 Å². The number of hydrogen-bond donors (Lipinski definition) is 1. The average Bonchev–Trinajstić information content (AvgIpc) is 3.04. The molecular formula is C13H13F2N3O2S. The van der Waals surface area contributed by atoms with Gasteiger partial charge in [-0.3, -0.25) is 5.10 Å². The largest absolute Gasteiger partial charge is 0.267 e. The van der Waals surface area contributed by atoms with Gasteiger partial charge in [0, 0.05) is 12.5 Å². The molecule has 0 saturated heterocycles. The van der Waals surface area contributed by atoms with Gasteiger partial charge >= 0.3 is 0 Å². The number of nitrogens with zero attached hydrogens (tertiary/aromatic N) is 2. The third-order valence-electron chi connectivity index (χ3n) is 3.67. The summed E-state index contributed by atoms with van der Waals surface area (Å²) < 4.78 is 52.2. The lowest BCUT2D eigenvalue weighted by molar-refractivity contribution is 0.570. The summed E-state index contributed by atoms with van der Waals surface area (Å²) in [6.07, 6.45) is 0.984. The van der Waals surface area contributed by atoms with Crippen LogP contribution in [-0.2, 0) is 22.7 Å². The predicted octanol–water partition coefficient (Wildman–Crippen LogP) is 2.11. The number of nitrogens with one attached hydrogen (secondary N) is 1. The molecule has 1 aromatic heterocycles. The molecule has 0 saturated carbocycles. The van der Waals surface area contributed by atoms with Crippen molar-refractivity contribution in [1.29, 1.82) is 0 Å². The van der Waals surface area contributed by atoms with Crippen molar-refractivity contribution in [2.75, 3.05) is 0 Å². The standard InChI is InChI=1S/C13H13F2N3O2S/c1-2-12-16-13(18-17-12)21(19,20)11-4-3-8-9(11)5-7(14)6-10(8)15/h5-6,11H,2-4H2,1H3,(H,16,17,18)/t11-/m0/s1. The van der Waals surface area contributed by atoms with Crippen LogP contribution in [0.15, 0.2) is 17.3 Å². The third-order valence-corrected chi connectivity index (χ3v) is 5.60. The monoisotopic (exact) mass is 313 g/mol. The molecule has 21 heavy (non-hydrogen) atoms. The molecule has 1 aliphatic carbocycles. The lowest BCUT2D eigenvalue weighted by atomic mass is 10.1. The lowest BCUT2D eigenvalue weighted by Gasteiger charge is -2.10. The minimum absolute atomic E-state index is 0.176. The maximum absolute atomic E-state index is 13.7. The number of benzene rings is 1. The van der Waals surface area contributed by atoms with Gasteiger partial charge in [-0.05, 0) is 30.0 Å². The van der Waals surface area contributed by atoms with Crippen LogP contribution in [0.2, 0.25) is 0 Å². The molecule has 1 aromatic carbocycles. The normalized spacial score (nSPS) is 18.0. The van der Waals surface area contributed by atoms with Crippen molar-refractivity contribution in [1.82, 2.24) is 15.2 Å². The smallest absolute Gasteiger partial charge is 0.262 e. The van der Waals surface area contributed by atoms with E-state index in [0.717, 1.165) is 12.1 Å². The zero-order valence-electron chi connectivity index (χ0n) is 11.2. The molecule has 1 aliphatic rings. The number of aromatic nitrogens is 3. The fourth-order valence-corrected chi connectivity index (χ4v) is 4.26. The van der Waals surface area contributed by atoms with Gasteiger partial charge in [-0.15, -0.1) is 5.10 Å². The Bertz CT molecular complexity index is 802.